The Balaban J connectivity index is 0.00000364. The first-order valence-corrected chi connectivity index (χ1v) is 9.54. The molecule has 1 aliphatic rings. The van der Waals surface area contributed by atoms with Gasteiger partial charge in [-0.1, -0.05) is 12.1 Å². The fraction of sp³-hybridized carbons (Fsp3) is 0.650. The van der Waals surface area contributed by atoms with E-state index in [-0.39, 0.29) is 24.0 Å². The van der Waals surface area contributed by atoms with E-state index in [1.807, 2.05) is 0 Å². The number of nitrogens with zero attached hydrogens (tertiary/aromatic N) is 1. The Kier molecular flexibility index (Phi) is 12.4. The molecule has 0 radical (unpaired) electrons. The van der Waals surface area contributed by atoms with E-state index in [0.29, 0.717) is 32.9 Å². The number of hydrogen-bond donors (Lipinski definition) is 2. The first kappa shape index (κ1) is 24.0. The number of benzene rings is 1. The third-order valence-corrected chi connectivity index (χ3v) is 4.12. The van der Waals surface area contributed by atoms with Crippen molar-refractivity contribution in [1.82, 2.24) is 10.6 Å². The Hall–Kier alpha value is -1.06. The van der Waals surface area contributed by atoms with Crippen LogP contribution in [-0.4, -0.2) is 52.6 Å². The number of aryl methyl sites for hydroxylation is 1. The summed E-state index contributed by atoms with van der Waals surface area (Å²) in [5.74, 6) is 2.49. The average molecular weight is 491 g/mol. The predicted molar refractivity (Wildman–Crippen MR) is 120 cm³/mol. The van der Waals surface area contributed by atoms with Gasteiger partial charge in [0.05, 0.1) is 33.0 Å². The van der Waals surface area contributed by atoms with Crippen molar-refractivity contribution in [3.05, 3.63) is 29.3 Å². The van der Waals surface area contributed by atoms with Gasteiger partial charge in [0, 0.05) is 25.8 Å². The highest BCUT2D eigenvalue weighted by molar-refractivity contribution is 14.0. The largest absolute Gasteiger partial charge is 0.493 e. The van der Waals surface area contributed by atoms with Crippen molar-refractivity contribution in [3.63, 3.8) is 0 Å². The Morgan fingerprint density at radius 3 is 2.70 bits per heavy atom. The highest BCUT2D eigenvalue weighted by atomic mass is 127. The third-order valence-electron chi connectivity index (χ3n) is 4.12. The van der Waals surface area contributed by atoms with E-state index in [2.05, 4.69) is 47.7 Å². The van der Waals surface area contributed by atoms with Crippen LogP contribution in [0, 0.1) is 12.8 Å². The maximum Gasteiger partial charge on any atom is 0.191 e. The lowest BCUT2D eigenvalue weighted by Crippen LogP contribution is -2.39. The molecule has 0 aromatic heterocycles. The molecule has 0 amide bonds. The van der Waals surface area contributed by atoms with Gasteiger partial charge in [-0.2, -0.15) is 0 Å². The number of ether oxygens (including phenoxy) is 3. The van der Waals surface area contributed by atoms with Gasteiger partial charge in [0.2, 0.25) is 0 Å². The topological polar surface area (TPSA) is 64.1 Å². The molecular formula is C20H34IN3O3. The lowest BCUT2D eigenvalue weighted by atomic mass is 10.1. The van der Waals surface area contributed by atoms with E-state index in [0.717, 1.165) is 36.3 Å². The van der Waals surface area contributed by atoms with Crippen molar-refractivity contribution >= 4 is 29.9 Å². The highest BCUT2D eigenvalue weighted by Gasteiger charge is 2.22. The lowest BCUT2D eigenvalue weighted by Gasteiger charge is -2.13. The van der Waals surface area contributed by atoms with Crippen molar-refractivity contribution in [2.75, 3.05) is 46.6 Å². The monoisotopic (exact) mass is 491 g/mol. The van der Waals surface area contributed by atoms with Gasteiger partial charge in [0.15, 0.2) is 5.96 Å². The summed E-state index contributed by atoms with van der Waals surface area (Å²) >= 11 is 0. The molecule has 6 nitrogen and oxygen atoms in total. The van der Waals surface area contributed by atoms with E-state index in [9.17, 15) is 0 Å². The molecule has 1 fully saturated rings. The Bertz CT molecular complexity index is 565. The molecule has 0 atom stereocenters. The van der Waals surface area contributed by atoms with Crippen LogP contribution < -0.4 is 15.4 Å². The summed E-state index contributed by atoms with van der Waals surface area (Å²) in [4.78, 5) is 4.68. The summed E-state index contributed by atoms with van der Waals surface area (Å²) in [6.45, 7) is 8.91. The smallest absolute Gasteiger partial charge is 0.191 e. The Morgan fingerprint density at radius 1 is 1.19 bits per heavy atom. The zero-order valence-corrected chi connectivity index (χ0v) is 19.1. The number of rotatable bonds is 12. The average Bonchev–Trinajstić information content (AvgIpc) is 3.46. The molecular weight excluding hydrogens is 457 g/mol. The van der Waals surface area contributed by atoms with E-state index in [1.165, 1.54) is 18.4 Å². The van der Waals surface area contributed by atoms with E-state index >= 15 is 0 Å². The summed E-state index contributed by atoms with van der Waals surface area (Å²) < 4.78 is 16.5. The quantitative estimate of drug-likeness (QED) is 0.204. The molecule has 1 aromatic rings. The lowest BCUT2D eigenvalue weighted by molar-refractivity contribution is 0.0733. The summed E-state index contributed by atoms with van der Waals surface area (Å²) in [5, 5.41) is 6.55. The van der Waals surface area contributed by atoms with Crippen LogP contribution in [0.25, 0.3) is 0 Å². The maximum atomic E-state index is 6.03. The van der Waals surface area contributed by atoms with Crippen LogP contribution in [0.3, 0.4) is 0 Å². The highest BCUT2D eigenvalue weighted by Crippen LogP contribution is 2.30. The second-order valence-corrected chi connectivity index (χ2v) is 6.59. The van der Waals surface area contributed by atoms with Crippen molar-refractivity contribution < 1.29 is 14.2 Å². The van der Waals surface area contributed by atoms with Gasteiger partial charge < -0.3 is 24.8 Å². The van der Waals surface area contributed by atoms with Crippen molar-refractivity contribution in [3.8, 4) is 5.75 Å². The zero-order valence-electron chi connectivity index (χ0n) is 16.8. The second-order valence-electron chi connectivity index (χ2n) is 6.59. The molecule has 7 heteroatoms. The molecule has 0 saturated heterocycles. The number of aliphatic imine (C=N–C) groups is 1. The molecule has 154 valence electrons. The number of hydrogen-bond acceptors (Lipinski definition) is 4. The SMILES string of the molecule is CCNC(=NCc1ccc(C)cc1OCC1CC1)NCCOCCOC.I. The van der Waals surface area contributed by atoms with Crippen molar-refractivity contribution in [2.45, 2.75) is 33.2 Å². The standard InChI is InChI=1S/C20H33N3O3.HI/c1-4-21-20(22-9-10-25-12-11-24-3)23-14-18-8-5-16(2)13-19(18)26-15-17-6-7-17;/h5,8,13,17H,4,6-7,9-12,14-15H2,1-3H3,(H2,21,22,23);1H. The molecule has 0 heterocycles. The molecule has 1 aromatic carbocycles. The van der Waals surface area contributed by atoms with E-state index in [4.69, 9.17) is 14.2 Å². The van der Waals surface area contributed by atoms with Crippen molar-refractivity contribution in [1.29, 1.82) is 0 Å². The minimum Gasteiger partial charge on any atom is -0.493 e. The van der Waals surface area contributed by atoms with Gasteiger partial charge in [-0.15, -0.1) is 24.0 Å². The predicted octanol–water partition coefficient (Wildman–Crippen LogP) is 3.12. The summed E-state index contributed by atoms with van der Waals surface area (Å²) in [5.41, 5.74) is 2.33. The Labute approximate surface area is 180 Å². The van der Waals surface area contributed by atoms with Crippen LogP contribution in [-0.2, 0) is 16.0 Å². The van der Waals surface area contributed by atoms with E-state index in [1.54, 1.807) is 7.11 Å². The number of guanidine groups is 1. The maximum absolute atomic E-state index is 6.03. The number of methoxy groups -OCH3 is 1. The molecule has 0 spiro atoms. The molecule has 0 unspecified atom stereocenters. The van der Waals surface area contributed by atoms with Crippen molar-refractivity contribution in [2.24, 2.45) is 10.9 Å². The van der Waals surface area contributed by atoms with Gasteiger partial charge >= 0.3 is 0 Å². The van der Waals surface area contributed by atoms with Crippen LogP contribution >= 0.6 is 24.0 Å². The summed E-state index contributed by atoms with van der Waals surface area (Å²) in [6.07, 6.45) is 2.58. The normalized spacial score (nSPS) is 13.8. The fourth-order valence-corrected chi connectivity index (χ4v) is 2.41. The number of halogens is 1. The summed E-state index contributed by atoms with van der Waals surface area (Å²) in [6, 6.07) is 6.33. The van der Waals surface area contributed by atoms with Crippen LogP contribution in [0.1, 0.15) is 30.9 Å². The fourth-order valence-electron chi connectivity index (χ4n) is 2.41. The zero-order chi connectivity index (χ0) is 18.6. The van der Waals surface area contributed by atoms with Gasteiger partial charge in [0.25, 0.3) is 0 Å². The van der Waals surface area contributed by atoms with Gasteiger partial charge in [-0.05, 0) is 44.2 Å². The molecule has 0 aliphatic heterocycles. The number of nitrogens with one attached hydrogen (secondary N) is 2. The van der Waals surface area contributed by atoms with Gasteiger partial charge in [-0.3, -0.25) is 0 Å². The first-order chi connectivity index (χ1) is 12.7. The van der Waals surface area contributed by atoms with Crippen LogP contribution in [0.2, 0.25) is 0 Å². The van der Waals surface area contributed by atoms with E-state index < -0.39 is 0 Å². The second kappa shape index (κ2) is 14.0. The Morgan fingerprint density at radius 2 is 2.00 bits per heavy atom. The van der Waals surface area contributed by atoms with Crippen LogP contribution in [0.5, 0.6) is 5.75 Å². The minimum absolute atomic E-state index is 0. The van der Waals surface area contributed by atoms with Gasteiger partial charge in [0.1, 0.15) is 5.75 Å². The summed E-state index contributed by atoms with van der Waals surface area (Å²) in [7, 11) is 1.67. The minimum atomic E-state index is 0. The third kappa shape index (κ3) is 10.2. The molecule has 27 heavy (non-hydrogen) atoms. The molecule has 1 saturated carbocycles. The first-order valence-electron chi connectivity index (χ1n) is 9.54. The molecule has 1 aliphatic carbocycles. The molecule has 2 rings (SSSR count). The van der Waals surface area contributed by atoms with Crippen LogP contribution in [0.4, 0.5) is 0 Å². The molecule has 2 N–H and O–H groups in total. The van der Waals surface area contributed by atoms with Gasteiger partial charge in [-0.25, -0.2) is 4.99 Å². The van der Waals surface area contributed by atoms with Crippen LogP contribution in [0.15, 0.2) is 23.2 Å². The molecule has 0 bridgehead atoms.